The summed E-state index contributed by atoms with van der Waals surface area (Å²) in [7, 11) is 0. The van der Waals surface area contributed by atoms with Gasteiger partial charge < -0.3 is 10.5 Å². The molecule has 1 unspecified atom stereocenters. The zero-order valence-corrected chi connectivity index (χ0v) is 11.1. The number of ether oxygens (including phenoxy) is 1. The van der Waals surface area contributed by atoms with Gasteiger partial charge in [0.05, 0.1) is 0 Å². The fourth-order valence-electron chi connectivity index (χ4n) is 1.82. The van der Waals surface area contributed by atoms with Gasteiger partial charge in [-0.1, -0.05) is 24.3 Å². The van der Waals surface area contributed by atoms with Gasteiger partial charge in [0.2, 0.25) is 0 Å². The van der Waals surface area contributed by atoms with E-state index in [0.29, 0.717) is 0 Å². The third-order valence-corrected chi connectivity index (χ3v) is 3.17. The third-order valence-electron chi connectivity index (χ3n) is 3.17. The maximum atomic E-state index is 5.93. The molecule has 0 aliphatic heterocycles. The van der Waals surface area contributed by atoms with E-state index in [1.807, 2.05) is 43.3 Å². The topological polar surface area (TPSA) is 35.2 Å². The fraction of sp³-hybridized carbons (Fsp3) is 0.250. The van der Waals surface area contributed by atoms with E-state index in [4.69, 9.17) is 10.5 Å². The predicted molar refractivity (Wildman–Crippen MR) is 75.0 cm³/mol. The van der Waals surface area contributed by atoms with E-state index in [1.165, 1.54) is 11.1 Å². The molecule has 0 saturated heterocycles. The highest BCUT2D eigenvalue weighted by molar-refractivity contribution is 5.42. The molecular weight excluding hydrogens is 222 g/mol. The Morgan fingerprint density at radius 1 is 1.06 bits per heavy atom. The van der Waals surface area contributed by atoms with Crippen LogP contribution < -0.4 is 10.5 Å². The molecule has 0 amide bonds. The Hall–Kier alpha value is -1.80. The second kappa shape index (κ2) is 5.23. The lowest BCUT2D eigenvalue weighted by Gasteiger charge is -2.12. The molecule has 0 saturated carbocycles. The van der Waals surface area contributed by atoms with Crippen LogP contribution in [0.1, 0.15) is 29.7 Å². The van der Waals surface area contributed by atoms with Gasteiger partial charge >= 0.3 is 0 Å². The Balaban J connectivity index is 2.28. The van der Waals surface area contributed by atoms with Gasteiger partial charge in [0, 0.05) is 6.04 Å². The Labute approximate surface area is 108 Å². The van der Waals surface area contributed by atoms with Crippen molar-refractivity contribution in [1.29, 1.82) is 0 Å². The zero-order chi connectivity index (χ0) is 13.1. The molecule has 0 aliphatic carbocycles. The van der Waals surface area contributed by atoms with Crippen LogP contribution in [-0.4, -0.2) is 0 Å². The van der Waals surface area contributed by atoms with Gasteiger partial charge in [0.25, 0.3) is 0 Å². The highest BCUT2D eigenvalue weighted by atomic mass is 16.5. The van der Waals surface area contributed by atoms with Crippen molar-refractivity contribution in [1.82, 2.24) is 0 Å². The van der Waals surface area contributed by atoms with Crippen LogP contribution in [0.25, 0.3) is 0 Å². The number of hydrogen-bond acceptors (Lipinski definition) is 2. The van der Waals surface area contributed by atoms with Gasteiger partial charge in [0.15, 0.2) is 0 Å². The van der Waals surface area contributed by atoms with E-state index < -0.39 is 0 Å². The Morgan fingerprint density at radius 2 is 1.78 bits per heavy atom. The predicted octanol–water partition coefficient (Wildman–Crippen LogP) is 4.12. The quantitative estimate of drug-likeness (QED) is 0.877. The van der Waals surface area contributed by atoms with Crippen molar-refractivity contribution in [3.8, 4) is 11.5 Å². The Bertz CT molecular complexity index is 547. The summed E-state index contributed by atoms with van der Waals surface area (Å²) in [5.41, 5.74) is 9.36. The second-order valence-electron chi connectivity index (χ2n) is 4.66. The van der Waals surface area contributed by atoms with Crippen molar-refractivity contribution >= 4 is 0 Å². The average molecular weight is 241 g/mol. The summed E-state index contributed by atoms with van der Waals surface area (Å²) >= 11 is 0. The Kier molecular flexibility index (Phi) is 3.68. The molecule has 0 spiro atoms. The van der Waals surface area contributed by atoms with E-state index in [2.05, 4.69) is 19.9 Å². The first-order valence-electron chi connectivity index (χ1n) is 6.17. The molecule has 2 aromatic rings. The zero-order valence-electron chi connectivity index (χ0n) is 11.1. The standard InChI is InChI=1S/C16H19NO/c1-11-6-4-9-16(12(11)2)18-15-8-5-7-14(10-15)13(3)17/h4-10,13H,17H2,1-3H3. The molecule has 2 N–H and O–H groups in total. The van der Waals surface area contributed by atoms with Gasteiger partial charge in [-0.2, -0.15) is 0 Å². The molecule has 0 aromatic heterocycles. The number of benzene rings is 2. The van der Waals surface area contributed by atoms with Crippen molar-refractivity contribution in [2.75, 3.05) is 0 Å². The molecule has 2 rings (SSSR count). The van der Waals surface area contributed by atoms with Crippen LogP contribution in [-0.2, 0) is 0 Å². The maximum absolute atomic E-state index is 5.93. The number of hydrogen-bond donors (Lipinski definition) is 1. The lowest BCUT2D eigenvalue weighted by molar-refractivity contribution is 0.477. The molecule has 18 heavy (non-hydrogen) atoms. The van der Waals surface area contributed by atoms with Crippen LogP contribution in [0.5, 0.6) is 11.5 Å². The van der Waals surface area contributed by atoms with Crippen molar-refractivity contribution in [2.45, 2.75) is 26.8 Å². The molecule has 0 aliphatic rings. The smallest absolute Gasteiger partial charge is 0.130 e. The van der Waals surface area contributed by atoms with Crippen molar-refractivity contribution < 1.29 is 4.74 Å². The average Bonchev–Trinajstić information content (AvgIpc) is 2.35. The first kappa shape index (κ1) is 12.7. The molecule has 94 valence electrons. The van der Waals surface area contributed by atoms with Crippen LogP contribution in [0, 0.1) is 13.8 Å². The highest BCUT2D eigenvalue weighted by Gasteiger charge is 2.05. The van der Waals surface area contributed by atoms with Gasteiger partial charge in [-0.3, -0.25) is 0 Å². The lowest BCUT2D eigenvalue weighted by atomic mass is 10.1. The molecule has 0 bridgehead atoms. The van der Waals surface area contributed by atoms with Gasteiger partial charge in [0.1, 0.15) is 11.5 Å². The first-order valence-corrected chi connectivity index (χ1v) is 6.17. The van der Waals surface area contributed by atoms with Crippen LogP contribution in [0.2, 0.25) is 0 Å². The maximum Gasteiger partial charge on any atom is 0.130 e. The highest BCUT2D eigenvalue weighted by Crippen LogP contribution is 2.28. The largest absolute Gasteiger partial charge is 0.457 e. The summed E-state index contributed by atoms with van der Waals surface area (Å²) in [5, 5.41) is 0. The van der Waals surface area contributed by atoms with E-state index in [-0.39, 0.29) is 6.04 Å². The SMILES string of the molecule is Cc1cccc(Oc2cccc(C(C)N)c2)c1C. The third kappa shape index (κ3) is 2.71. The van der Waals surface area contributed by atoms with E-state index in [1.54, 1.807) is 0 Å². The molecule has 2 nitrogen and oxygen atoms in total. The molecular formula is C16H19NO. The monoisotopic (exact) mass is 241 g/mol. The van der Waals surface area contributed by atoms with Crippen LogP contribution in [0.4, 0.5) is 0 Å². The molecule has 2 heteroatoms. The van der Waals surface area contributed by atoms with Crippen LogP contribution in [0.15, 0.2) is 42.5 Å². The second-order valence-corrected chi connectivity index (χ2v) is 4.66. The molecule has 1 atom stereocenters. The van der Waals surface area contributed by atoms with Gasteiger partial charge in [-0.05, 0) is 55.7 Å². The normalized spacial score (nSPS) is 12.2. The van der Waals surface area contributed by atoms with Gasteiger partial charge in [-0.25, -0.2) is 0 Å². The minimum absolute atomic E-state index is 0.0205. The molecule has 0 radical (unpaired) electrons. The van der Waals surface area contributed by atoms with Gasteiger partial charge in [-0.15, -0.1) is 0 Å². The van der Waals surface area contributed by atoms with E-state index in [9.17, 15) is 0 Å². The summed E-state index contributed by atoms with van der Waals surface area (Å²) in [5.74, 6) is 1.73. The van der Waals surface area contributed by atoms with Crippen molar-refractivity contribution in [3.05, 3.63) is 59.2 Å². The lowest BCUT2D eigenvalue weighted by Crippen LogP contribution is -2.04. The number of rotatable bonds is 3. The number of nitrogens with two attached hydrogens (primary N) is 1. The summed E-state index contributed by atoms with van der Waals surface area (Å²) in [4.78, 5) is 0. The Morgan fingerprint density at radius 3 is 2.50 bits per heavy atom. The summed E-state index contributed by atoms with van der Waals surface area (Å²) in [6.45, 7) is 6.12. The minimum atomic E-state index is 0.0205. The summed E-state index contributed by atoms with van der Waals surface area (Å²) < 4.78 is 5.93. The van der Waals surface area contributed by atoms with E-state index in [0.717, 1.165) is 17.1 Å². The van der Waals surface area contributed by atoms with Crippen LogP contribution in [0.3, 0.4) is 0 Å². The van der Waals surface area contributed by atoms with Crippen LogP contribution >= 0.6 is 0 Å². The molecule has 2 aromatic carbocycles. The number of aryl methyl sites for hydroxylation is 1. The van der Waals surface area contributed by atoms with E-state index >= 15 is 0 Å². The minimum Gasteiger partial charge on any atom is -0.457 e. The molecule has 0 fully saturated rings. The summed E-state index contributed by atoms with van der Waals surface area (Å²) in [6, 6.07) is 14.0. The fourth-order valence-corrected chi connectivity index (χ4v) is 1.82. The first-order chi connectivity index (χ1) is 8.58. The summed E-state index contributed by atoms with van der Waals surface area (Å²) in [6.07, 6.45) is 0. The molecule has 0 heterocycles. The van der Waals surface area contributed by atoms with Crippen molar-refractivity contribution in [3.63, 3.8) is 0 Å². The van der Waals surface area contributed by atoms with Crippen molar-refractivity contribution in [2.24, 2.45) is 5.73 Å².